The fourth-order valence-corrected chi connectivity index (χ4v) is 4.27. The van der Waals surface area contributed by atoms with Crippen LogP contribution in [0.3, 0.4) is 0 Å². The minimum Gasteiger partial charge on any atom is -0.312 e. The van der Waals surface area contributed by atoms with Gasteiger partial charge in [0, 0.05) is 50.1 Å². The Bertz CT molecular complexity index is 965. The Balaban J connectivity index is 1.57. The summed E-state index contributed by atoms with van der Waals surface area (Å²) in [6.07, 6.45) is 0.185. The monoisotopic (exact) mass is 415 g/mol. The molecule has 0 aliphatic carbocycles. The predicted molar refractivity (Wildman–Crippen MR) is 110 cm³/mol. The molecule has 30 heavy (non-hydrogen) atoms. The van der Waals surface area contributed by atoms with Crippen LogP contribution in [-0.2, 0) is 16.6 Å². The van der Waals surface area contributed by atoms with Gasteiger partial charge in [-0.05, 0) is 24.6 Å². The second kappa shape index (κ2) is 8.00. The Kier molecular flexibility index (Phi) is 5.55. The number of amides is 1. The minimum atomic E-state index is -0.614. The van der Waals surface area contributed by atoms with Gasteiger partial charge in [-0.15, -0.1) is 0 Å². The lowest BCUT2D eigenvalue weighted by Crippen LogP contribution is -2.52. The lowest BCUT2D eigenvalue weighted by atomic mass is 9.91. The summed E-state index contributed by atoms with van der Waals surface area (Å²) in [5, 5.41) is 12.0. The maximum Gasteiger partial charge on any atom is 0.241 e. The van der Waals surface area contributed by atoms with Crippen molar-refractivity contribution in [2.24, 2.45) is 0 Å². The van der Waals surface area contributed by atoms with E-state index in [2.05, 4.69) is 27.3 Å². The number of hydrogen-bond donors (Lipinski definition) is 1. The number of carbonyl (C=O) groups is 1. The Morgan fingerprint density at radius 3 is 2.80 bits per heavy atom. The first-order valence-electron chi connectivity index (χ1n) is 10.3. The molecule has 1 atom stereocenters. The van der Waals surface area contributed by atoms with Gasteiger partial charge in [0.2, 0.25) is 5.91 Å². The molecule has 1 unspecified atom stereocenters. The third kappa shape index (κ3) is 4.20. The van der Waals surface area contributed by atoms with Crippen LogP contribution < -0.4 is 10.2 Å². The molecule has 0 spiro atoms. The molecule has 2 aliphatic rings. The second-order valence-electron chi connectivity index (χ2n) is 8.94. The first-order chi connectivity index (χ1) is 14.2. The number of halogens is 2. The van der Waals surface area contributed by atoms with Gasteiger partial charge in [0.05, 0.1) is 23.6 Å². The number of rotatable bonds is 4. The number of piperazine rings is 1. The zero-order valence-electron chi connectivity index (χ0n) is 17.6. The summed E-state index contributed by atoms with van der Waals surface area (Å²) in [5.74, 6) is -1.20. The maximum atomic E-state index is 14.1. The van der Waals surface area contributed by atoms with Gasteiger partial charge < -0.3 is 10.2 Å². The lowest BCUT2D eigenvalue weighted by molar-refractivity contribution is -0.120. The molecule has 4 rings (SSSR count). The standard InChI is InChI=1S/C22H27F2N5O/c1-14-11-28(7-6-25-14)12-20(30)29-13-22(2,3)21-19(29)10-17(26-27-21)8-15-4-5-16(23)9-18(15)24/h4-5,9-10,14,25H,6-8,11-13H2,1-3H3. The van der Waals surface area contributed by atoms with E-state index in [0.717, 1.165) is 37.1 Å². The van der Waals surface area contributed by atoms with E-state index >= 15 is 0 Å². The molecule has 2 aromatic rings. The van der Waals surface area contributed by atoms with E-state index in [1.165, 1.54) is 12.1 Å². The zero-order valence-corrected chi connectivity index (χ0v) is 17.6. The highest BCUT2D eigenvalue weighted by molar-refractivity contribution is 5.97. The van der Waals surface area contributed by atoms with Crippen LogP contribution >= 0.6 is 0 Å². The fourth-order valence-electron chi connectivity index (χ4n) is 4.27. The van der Waals surface area contributed by atoms with Crippen LogP contribution in [0.25, 0.3) is 0 Å². The maximum absolute atomic E-state index is 14.1. The summed E-state index contributed by atoms with van der Waals surface area (Å²) >= 11 is 0. The molecule has 1 aromatic carbocycles. The first-order valence-corrected chi connectivity index (χ1v) is 10.3. The third-order valence-corrected chi connectivity index (χ3v) is 5.81. The molecule has 2 aliphatic heterocycles. The topological polar surface area (TPSA) is 61.4 Å². The van der Waals surface area contributed by atoms with Crippen LogP contribution in [0, 0.1) is 11.6 Å². The molecule has 1 fully saturated rings. The summed E-state index contributed by atoms with van der Waals surface area (Å²) in [6.45, 7) is 9.62. The molecule has 3 heterocycles. The number of benzene rings is 1. The molecular weight excluding hydrogens is 388 g/mol. The Hall–Kier alpha value is -2.45. The van der Waals surface area contributed by atoms with Crippen molar-refractivity contribution in [3.8, 4) is 0 Å². The largest absolute Gasteiger partial charge is 0.312 e. The molecule has 0 bridgehead atoms. The van der Waals surface area contributed by atoms with Crippen molar-refractivity contribution in [3.05, 3.63) is 52.9 Å². The van der Waals surface area contributed by atoms with Gasteiger partial charge >= 0.3 is 0 Å². The van der Waals surface area contributed by atoms with Crippen molar-refractivity contribution < 1.29 is 13.6 Å². The number of aromatic nitrogens is 2. The highest BCUT2D eigenvalue weighted by Crippen LogP contribution is 2.39. The van der Waals surface area contributed by atoms with Gasteiger partial charge in [-0.2, -0.15) is 10.2 Å². The molecular formula is C22H27F2N5O. The summed E-state index contributed by atoms with van der Waals surface area (Å²) in [7, 11) is 0. The normalized spacial score (nSPS) is 21.0. The van der Waals surface area contributed by atoms with Crippen LogP contribution in [-0.4, -0.2) is 59.8 Å². The van der Waals surface area contributed by atoms with E-state index in [4.69, 9.17) is 0 Å². The van der Waals surface area contributed by atoms with E-state index in [9.17, 15) is 13.6 Å². The third-order valence-electron chi connectivity index (χ3n) is 5.81. The summed E-state index contributed by atoms with van der Waals surface area (Å²) < 4.78 is 27.3. The van der Waals surface area contributed by atoms with Gasteiger partial charge in [-0.25, -0.2) is 8.78 Å². The van der Waals surface area contributed by atoms with Crippen LogP contribution in [0.5, 0.6) is 0 Å². The molecule has 1 saturated heterocycles. The number of nitrogens with zero attached hydrogens (tertiary/aromatic N) is 4. The molecule has 1 aromatic heterocycles. The predicted octanol–water partition coefficient (Wildman–Crippen LogP) is 2.26. The van der Waals surface area contributed by atoms with Gasteiger partial charge in [-0.3, -0.25) is 9.69 Å². The number of nitrogens with one attached hydrogen (secondary N) is 1. The van der Waals surface area contributed by atoms with E-state index < -0.39 is 11.6 Å². The van der Waals surface area contributed by atoms with Crippen molar-refractivity contribution in [1.82, 2.24) is 20.4 Å². The van der Waals surface area contributed by atoms with Crippen molar-refractivity contribution in [2.45, 2.75) is 38.6 Å². The zero-order chi connectivity index (χ0) is 21.5. The minimum absolute atomic E-state index is 0.0304. The fraction of sp³-hybridized carbons (Fsp3) is 0.500. The van der Waals surface area contributed by atoms with Crippen LogP contribution in [0.4, 0.5) is 14.5 Å². The van der Waals surface area contributed by atoms with Gasteiger partial charge in [0.1, 0.15) is 11.6 Å². The molecule has 8 heteroatoms. The van der Waals surface area contributed by atoms with E-state index in [-0.39, 0.29) is 17.7 Å². The van der Waals surface area contributed by atoms with Gasteiger partial charge in [-0.1, -0.05) is 19.9 Å². The molecule has 160 valence electrons. The van der Waals surface area contributed by atoms with Gasteiger partial charge in [0.25, 0.3) is 0 Å². The average Bonchev–Trinajstić information content (AvgIpc) is 2.95. The quantitative estimate of drug-likeness (QED) is 0.830. The highest BCUT2D eigenvalue weighted by Gasteiger charge is 2.40. The average molecular weight is 415 g/mol. The van der Waals surface area contributed by atoms with Crippen LogP contribution in [0.2, 0.25) is 0 Å². The van der Waals surface area contributed by atoms with Crippen molar-refractivity contribution in [1.29, 1.82) is 0 Å². The molecule has 1 amide bonds. The van der Waals surface area contributed by atoms with Crippen molar-refractivity contribution >= 4 is 11.6 Å². The molecule has 0 radical (unpaired) electrons. The smallest absolute Gasteiger partial charge is 0.241 e. The summed E-state index contributed by atoms with van der Waals surface area (Å²) in [4.78, 5) is 17.1. The first kappa shape index (κ1) is 20.8. The molecule has 1 N–H and O–H groups in total. The number of carbonyl (C=O) groups excluding carboxylic acids is 1. The Morgan fingerprint density at radius 1 is 1.27 bits per heavy atom. The summed E-state index contributed by atoms with van der Waals surface area (Å²) in [6, 6.07) is 5.68. The van der Waals surface area contributed by atoms with E-state index in [0.29, 0.717) is 30.4 Å². The van der Waals surface area contributed by atoms with E-state index in [1.807, 2.05) is 19.9 Å². The van der Waals surface area contributed by atoms with Crippen LogP contribution in [0.15, 0.2) is 24.3 Å². The lowest BCUT2D eigenvalue weighted by Gasteiger charge is -2.32. The van der Waals surface area contributed by atoms with Crippen molar-refractivity contribution in [2.75, 3.05) is 37.6 Å². The Labute approximate surface area is 175 Å². The molecule has 0 saturated carbocycles. The van der Waals surface area contributed by atoms with Gasteiger partial charge in [0.15, 0.2) is 0 Å². The number of anilines is 1. The number of fused-ring (bicyclic) bond motifs is 1. The second-order valence-corrected chi connectivity index (χ2v) is 8.94. The van der Waals surface area contributed by atoms with E-state index in [1.54, 1.807) is 4.90 Å². The SMILES string of the molecule is CC1CN(CC(=O)N2CC(C)(C)c3nnc(Cc4ccc(F)cc4F)cc32)CCN1. The van der Waals surface area contributed by atoms with Crippen molar-refractivity contribution in [3.63, 3.8) is 0 Å². The Morgan fingerprint density at radius 2 is 2.07 bits per heavy atom. The number of hydrogen-bond acceptors (Lipinski definition) is 5. The van der Waals surface area contributed by atoms with Crippen LogP contribution in [0.1, 0.15) is 37.7 Å². The highest BCUT2D eigenvalue weighted by atomic mass is 19.1. The molecule has 6 nitrogen and oxygen atoms in total. The summed E-state index contributed by atoms with van der Waals surface area (Å²) in [5.41, 5.74) is 2.09.